The smallest absolute Gasteiger partial charge is 0.460 e. The molecule has 0 radical (unpaired) electrons. The third-order valence-corrected chi connectivity index (χ3v) is 5.32. The van der Waals surface area contributed by atoms with E-state index in [9.17, 15) is 52.7 Å². The maximum absolute atomic E-state index is 13.7. The lowest BCUT2D eigenvalue weighted by molar-refractivity contribution is -0.382. The molecule has 0 aliphatic rings. The van der Waals surface area contributed by atoms with Gasteiger partial charge >= 0.3 is 29.2 Å². The Balaban J connectivity index is 5.93. The zero-order valence-corrected chi connectivity index (χ0v) is 14.4. The number of hydrogen-bond acceptors (Lipinski definition) is 3. The number of carboxylic acid groups (broad SMARTS) is 1. The minimum Gasteiger partial charge on any atom is -0.478 e. The SMILES string of the molecule is CCN(CCC=C(C)C(=O)O)S(=O)(=O)C(F)(F)C(F)(F)C(F)(F)C(F)(F)F. The predicted octanol–water partition coefficient (Wildman–Crippen LogP) is 3.48. The summed E-state index contributed by atoms with van der Waals surface area (Å²) in [6, 6.07) is 0. The van der Waals surface area contributed by atoms with Crippen molar-refractivity contribution < 1.29 is 57.8 Å². The maximum atomic E-state index is 13.7. The summed E-state index contributed by atoms with van der Waals surface area (Å²) in [6.07, 6.45) is -6.93. The van der Waals surface area contributed by atoms with Crippen molar-refractivity contribution in [2.24, 2.45) is 0 Å². The van der Waals surface area contributed by atoms with Gasteiger partial charge in [0.15, 0.2) is 0 Å². The number of rotatable bonds is 9. The molecule has 0 unspecified atom stereocenters. The first-order valence-corrected chi connectivity index (χ1v) is 8.33. The van der Waals surface area contributed by atoms with Gasteiger partial charge in [0, 0.05) is 18.7 Å². The van der Waals surface area contributed by atoms with Crippen LogP contribution in [0, 0.1) is 0 Å². The van der Waals surface area contributed by atoms with Gasteiger partial charge in [0.1, 0.15) is 0 Å². The Labute approximate surface area is 147 Å². The highest BCUT2D eigenvalue weighted by molar-refractivity contribution is 7.90. The standard InChI is InChI=1S/C12H14F9NO4S/c1-3-22(6-4-5-7(2)8(23)24)27(25,26)12(20,21)10(15,16)9(13,14)11(17,18)19/h5H,3-4,6H2,1-2H3,(H,23,24). The molecule has 0 aromatic rings. The molecule has 0 amide bonds. The van der Waals surface area contributed by atoms with Crippen molar-refractivity contribution >= 4 is 16.0 Å². The van der Waals surface area contributed by atoms with E-state index in [0.29, 0.717) is 0 Å². The van der Waals surface area contributed by atoms with Crippen molar-refractivity contribution in [3.05, 3.63) is 11.6 Å². The van der Waals surface area contributed by atoms with E-state index in [2.05, 4.69) is 0 Å². The quantitative estimate of drug-likeness (QED) is 0.441. The molecule has 0 rings (SSSR count). The van der Waals surface area contributed by atoms with Gasteiger partial charge in [-0.25, -0.2) is 13.2 Å². The largest absolute Gasteiger partial charge is 0.478 e. The van der Waals surface area contributed by atoms with Gasteiger partial charge in [-0.3, -0.25) is 0 Å². The van der Waals surface area contributed by atoms with E-state index >= 15 is 0 Å². The third-order valence-electron chi connectivity index (χ3n) is 3.30. The summed E-state index contributed by atoms with van der Waals surface area (Å²) >= 11 is 0. The molecule has 0 aliphatic carbocycles. The molecular formula is C12H14F9NO4S. The van der Waals surface area contributed by atoms with Crippen LogP contribution in [0.3, 0.4) is 0 Å². The van der Waals surface area contributed by atoms with Crippen LogP contribution in [-0.4, -0.2) is 60.2 Å². The molecule has 0 saturated carbocycles. The van der Waals surface area contributed by atoms with Gasteiger partial charge in [0.05, 0.1) is 0 Å². The fourth-order valence-corrected chi connectivity index (χ4v) is 3.11. The summed E-state index contributed by atoms with van der Waals surface area (Å²) in [4.78, 5) is 10.5. The van der Waals surface area contributed by atoms with Crippen LogP contribution < -0.4 is 0 Å². The average molecular weight is 439 g/mol. The maximum Gasteiger partial charge on any atom is 0.460 e. The first-order chi connectivity index (χ1) is 11.8. The van der Waals surface area contributed by atoms with Crippen LogP contribution >= 0.6 is 0 Å². The summed E-state index contributed by atoms with van der Waals surface area (Å²) in [5, 5.41) is 1.75. The fraction of sp³-hybridized carbons (Fsp3) is 0.750. The van der Waals surface area contributed by atoms with Crippen molar-refractivity contribution in [1.82, 2.24) is 4.31 Å². The highest BCUT2D eigenvalue weighted by atomic mass is 32.2. The fourth-order valence-electron chi connectivity index (χ4n) is 1.65. The predicted molar refractivity (Wildman–Crippen MR) is 73.1 cm³/mol. The number of alkyl halides is 9. The molecule has 15 heteroatoms. The monoisotopic (exact) mass is 439 g/mol. The van der Waals surface area contributed by atoms with E-state index in [0.717, 1.165) is 19.9 Å². The summed E-state index contributed by atoms with van der Waals surface area (Å²) in [5.41, 5.74) is -0.371. The minimum atomic E-state index is -7.34. The molecule has 0 fully saturated rings. The van der Waals surface area contributed by atoms with Gasteiger partial charge in [-0.15, -0.1) is 0 Å². The van der Waals surface area contributed by atoms with E-state index in [1.807, 2.05) is 0 Å². The number of halogens is 9. The van der Waals surface area contributed by atoms with Gasteiger partial charge in [0.25, 0.3) is 10.0 Å². The second-order valence-electron chi connectivity index (χ2n) is 5.14. The highest BCUT2D eigenvalue weighted by Crippen LogP contribution is 2.55. The molecule has 1 N–H and O–H groups in total. The van der Waals surface area contributed by atoms with Crippen LogP contribution in [0.1, 0.15) is 20.3 Å². The van der Waals surface area contributed by atoms with Crippen LogP contribution in [0.25, 0.3) is 0 Å². The van der Waals surface area contributed by atoms with E-state index < -0.39 is 63.1 Å². The molecule has 5 nitrogen and oxygen atoms in total. The van der Waals surface area contributed by atoms with E-state index in [4.69, 9.17) is 5.11 Å². The number of nitrogens with zero attached hydrogens (tertiary/aromatic N) is 1. The van der Waals surface area contributed by atoms with Crippen molar-refractivity contribution in [1.29, 1.82) is 0 Å². The summed E-state index contributed by atoms with van der Waals surface area (Å²) in [7, 11) is -6.68. The van der Waals surface area contributed by atoms with Crippen molar-refractivity contribution in [3.63, 3.8) is 0 Å². The number of aliphatic carboxylic acids is 1. The lowest BCUT2D eigenvalue weighted by Crippen LogP contribution is -2.65. The second-order valence-corrected chi connectivity index (χ2v) is 7.12. The van der Waals surface area contributed by atoms with Gasteiger partial charge in [-0.1, -0.05) is 13.0 Å². The number of sulfonamides is 1. The molecule has 0 aromatic heterocycles. The van der Waals surface area contributed by atoms with Crippen LogP contribution in [-0.2, 0) is 14.8 Å². The average Bonchev–Trinajstić information content (AvgIpc) is 2.49. The second kappa shape index (κ2) is 7.85. The molecule has 0 aliphatic heterocycles. The van der Waals surface area contributed by atoms with Crippen molar-refractivity contribution in [3.8, 4) is 0 Å². The molecule has 27 heavy (non-hydrogen) atoms. The number of carboxylic acids is 1. The molecule has 0 saturated heterocycles. The van der Waals surface area contributed by atoms with Crippen LogP contribution in [0.5, 0.6) is 0 Å². The van der Waals surface area contributed by atoms with E-state index in [1.165, 1.54) is 0 Å². The molecule has 0 bridgehead atoms. The Morgan fingerprint density at radius 2 is 1.44 bits per heavy atom. The van der Waals surface area contributed by atoms with Crippen molar-refractivity contribution in [2.45, 2.75) is 43.5 Å². The lowest BCUT2D eigenvalue weighted by atomic mass is 10.1. The molecule has 0 spiro atoms. The Hall–Kier alpha value is -1.51. The first kappa shape index (κ1) is 25.5. The molecule has 160 valence electrons. The minimum absolute atomic E-state index is 0.371. The molecule has 0 aromatic carbocycles. The van der Waals surface area contributed by atoms with Gasteiger partial charge in [-0.2, -0.15) is 43.8 Å². The van der Waals surface area contributed by atoms with Gasteiger partial charge in [-0.05, 0) is 13.3 Å². The van der Waals surface area contributed by atoms with Gasteiger partial charge < -0.3 is 5.11 Å². The van der Waals surface area contributed by atoms with Crippen LogP contribution in [0.4, 0.5) is 39.5 Å². The Bertz CT molecular complexity index is 685. The Morgan fingerprint density at radius 1 is 1.00 bits per heavy atom. The summed E-state index contributed by atoms with van der Waals surface area (Å²) in [5.74, 6) is -16.1. The van der Waals surface area contributed by atoms with Crippen LogP contribution in [0.2, 0.25) is 0 Å². The van der Waals surface area contributed by atoms with Crippen LogP contribution in [0.15, 0.2) is 11.6 Å². The van der Waals surface area contributed by atoms with E-state index in [1.54, 1.807) is 0 Å². The first-order valence-electron chi connectivity index (χ1n) is 6.89. The number of carbonyl (C=O) groups is 1. The topological polar surface area (TPSA) is 74.7 Å². The van der Waals surface area contributed by atoms with Gasteiger partial charge in [0.2, 0.25) is 0 Å². The third kappa shape index (κ3) is 4.50. The Morgan fingerprint density at radius 3 is 1.78 bits per heavy atom. The molecule has 0 heterocycles. The summed E-state index contributed by atoms with van der Waals surface area (Å²) < 4.78 is 139. The van der Waals surface area contributed by atoms with E-state index in [-0.39, 0.29) is 5.57 Å². The normalized spacial score (nSPS) is 15.3. The summed E-state index contributed by atoms with van der Waals surface area (Å²) in [6.45, 7) is -0.181. The number of hydrogen-bond donors (Lipinski definition) is 1. The zero-order valence-electron chi connectivity index (χ0n) is 13.6. The highest BCUT2D eigenvalue weighted by Gasteiger charge is 2.85. The zero-order chi connectivity index (χ0) is 22.1. The molecule has 0 atom stereocenters. The Kier molecular flexibility index (Phi) is 7.41. The van der Waals surface area contributed by atoms with Crippen molar-refractivity contribution in [2.75, 3.05) is 13.1 Å². The lowest BCUT2D eigenvalue weighted by Gasteiger charge is -2.35. The molecular weight excluding hydrogens is 425 g/mol.